The molecule has 1 heterocycles. The van der Waals surface area contributed by atoms with Crippen LogP contribution >= 0.6 is 0 Å². The van der Waals surface area contributed by atoms with E-state index in [0.717, 1.165) is 103 Å². The quantitative estimate of drug-likeness (QED) is 0.0261. The van der Waals surface area contributed by atoms with Gasteiger partial charge >= 0.3 is 0 Å². The minimum Gasteiger partial charge on any atom is -0.394 e. The molecule has 1 amide bonds. The van der Waals surface area contributed by atoms with Crippen molar-refractivity contribution < 1.29 is 39.8 Å². The van der Waals surface area contributed by atoms with E-state index in [1.54, 1.807) is 6.08 Å². The van der Waals surface area contributed by atoms with Crippen LogP contribution in [0.2, 0.25) is 0 Å². The Morgan fingerprint density at radius 1 is 0.486 bits per heavy atom. The molecule has 9 heteroatoms. The molecule has 0 aliphatic carbocycles. The fourth-order valence-electron chi connectivity index (χ4n) is 8.74. The summed E-state index contributed by atoms with van der Waals surface area (Å²) in [6, 6.07) is -0.846. The van der Waals surface area contributed by atoms with Gasteiger partial charge in [0.25, 0.3) is 0 Å². The Kier molecular flexibility index (Phi) is 48.1. The van der Waals surface area contributed by atoms with Crippen LogP contribution in [0, 0.1) is 0 Å². The van der Waals surface area contributed by atoms with Gasteiger partial charge in [0.1, 0.15) is 24.4 Å². The predicted octanol–water partition coefficient (Wildman–Crippen LogP) is 14.8. The first-order valence-corrected chi connectivity index (χ1v) is 29.5. The van der Waals surface area contributed by atoms with Crippen molar-refractivity contribution in [3.05, 3.63) is 97.2 Å². The number of aliphatic hydroxyl groups is 5. The number of carbonyl (C=O) groups excluding carboxylic acids is 1. The number of unbranched alkanes of at least 4 members (excludes halogenated alkanes) is 25. The zero-order valence-electron chi connectivity index (χ0n) is 45.9. The monoisotopic (exact) mass is 1010 g/mol. The molecule has 0 aromatic heterocycles. The van der Waals surface area contributed by atoms with Gasteiger partial charge in [-0.25, -0.2) is 0 Å². The Morgan fingerprint density at radius 2 is 0.875 bits per heavy atom. The zero-order chi connectivity index (χ0) is 52.2. The predicted molar refractivity (Wildman–Crippen MR) is 304 cm³/mol. The Balaban J connectivity index is 2.28. The number of aliphatic hydroxyl groups excluding tert-OH is 5. The first-order valence-electron chi connectivity index (χ1n) is 29.5. The summed E-state index contributed by atoms with van der Waals surface area (Å²) in [4.78, 5) is 13.0. The fraction of sp³-hybridized carbons (Fsp3) is 0.730. The lowest BCUT2D eigenvalue weighted by Crippen LogP contribution is -2.60. The molecule has 1 saturated heterocycles. The van der Waals surface area contributed by atoms with Crippen molar-refractivity contribution in [3.8, 4) is 0 Å². The van der Waals surface area contributed by atoms with Crippen molar-refractivity contribution in [1.29, 1.82) is 0 Å². The molecule has 1 fully saturated rings. The average molecular weight is 1010 g/mol. The van der Waals surface area contributed by atoms with E-state index in [-0.39, 0.29) is 12.5 Å². The van der Waals surface area contributed by atoms with Gasteiger partial charge in [0, 0.05) is 6.42 Å². The highest BCUT2D eigenvalue weighted by atomic mass is 16.7. The summed E-state index contributed by atoms with van der Waals surface area (Å²) < 4.78 is 11.2. The van der Waals surface area contributed by atoms with Crippen LogP contribution in [-0.2, 0) is 14.3 Å². The third-order valence-corrected chi connectivity index (χ3v) is 13.4. The maximum Gasteiger partial charge on any atom is 0.220 e. The molecule has 7 atom stereocenters. The Bertz CT molecular complexity index is 1450. The topological polar surface area (TPSA) is 149 Å². The van der Waals surface area contributed by atoms with Crippen LogP contribution in [-0.4, -0.2) is 87.5 Å². The number of hydrogen-bond acceptors (Lipinski definition) is 8. The maximum atomic E-state index is 13.0. The zero-order valence-corrected chi connectivity index (χ0v) is 45.9. The summed E-state index contributed by atoms with van der Waals surface area (Å²) >= 11 is 0. The normalized spacial score (nSPS) is 19.9. The summed E-state index contributed by atoms with van der Waals surface area (Å²) in [6.45, 7) is 3.64. The molecule has 0 aromatic rings. The van der Waals surface area contributed by atoms with Gasteiger partial charge < -0.3 is 40.3 Å². The van der Waals surface area contributed by atoms with E-state index in [9.17, 15) is 30.3 Å². The van der Waals surface area contributed by atoms with Crippen LogP contribution in [0.15, 0.2) is 97.2 Å². The molecular formula is C63H109NO8. The second kappa shape index (κ2) is 51.6. The van der Waals surface area contributed by atoms with Crippen LogP contribution in [0.3, 0.4) is 0 Å². The minimum absolute atomic E-state index is 0.212. The third-order valence-electron chi connectivity index (χ3n) is 13.4. The number of allylic oxidation sites excluding steroid dienone is 15. The Hall–Kier alpha value is -2.89. The molecule has 1 rings (SSSR count). The van der Waals surface area contributed by atoms with Gasteiger partial charge in [0.2, 0.25) is 5.91 Å². The highest BCUT2D eigenvalue weighted by Crippen LogP contribution is 2.23. The van der Waals surface area contributed by atoms with Gasteiger partial charge in [-0.2, -0.15) is 0 Å². The highest BCUT2D eigenvalue weighted by Gasteiger charge is 2.44. The molecule has 9 nitrogen and oxygen atoms in total. The molecule has 72 heavy (non-hydrogen) atoms. The average Bonchev–Trinajstić information content (AvgIpc) is 3.38. The van der Waals surface area contributed by atoms with Crippen LogP contribution in [0.1, 0.15) is 239 Å². The first-order chi connectivity index (χ1) is 35.3. The summed E-state index contributed by atoms with van der Waals surface area (Å²) in [6.07, 6.45) is 67.6. The molecule has 0 bridgehead atoms. The van der Waals surface area contributed by atoms with Gasteiger partial charge in [-0.1, -0.05) is 239 Å². The molecule has 414 valence electrons. The van der Waals surface area contributed by atoms with Gasteiger partial charge in [0.15, 0.2) is 6.29 Å². The number of nitrogens with one attached hydrogen (secondary N) is 1. The van der Waals surface area contributed by atoms with E-state index < -0.39 is 49.5 Å². The largest absolute Gasteiger partial charge is 0.394 e. The molecule has 0 spiro atoms. The van der Waals surface area contributed by atoms with Crippen LogP contribution < -0.4 is 5.32 Å². The van der Waals surface area contributed by atoms with Gasteiger partial charge in [-0.3, -0.25) is 4.79 Å². The molecular weight excluding hydrogens is 899 g/mol. The standard InChI is InChI=1S/C63H109NO8/c1-3-5-7-9-11-13-15-17-19-21-23-25-26-27-28-29-30-31-33-34-36-38-40-42-44-46-48-50-52-57(66)56(55-71-63-62(70)61(69)60(68)58(54-65)72-63)64-59(67)53-51-49-47-45-43-41-39-37-35-32-24-22-20-18-16-14-12-10-8-6-4-2/h6,8,12,14,18,20,24,32,34,36-37,39,42,44,50,52,56-58,60-63,65-66,68-70H,3-5,7,9-11,13,15-17,19,21-23,25-31,33,35,38,40-41,43,45-49,51,53-55H2,1-2H3,(H,64,67)/b8-6-,14-12-,20-18-,32-24-,36-34+,39-37-,44-42+,52-50+. The van der Waals surface area contributed by atoms with Crippen molar-refractivity contribution >= 4 is 5.91 Å². The molecule has 0 saturated carbocycles. The van der Waals surface area contributed by atoms with E-state index in [0.29, 0.717) is 6.42 Å². The second-order valence-corrected chi connectivity index (χ2v) is 20.0. The SMILES string of the molecule is CC/C=C\C/C=C\C/C=C\C/C=C\C/C=C\CCCCCCCC(=O)NC(COC1OC(CO)C(O)C(O)C1O)C(O)/C=C/CC/C=C/CC/C=C/CCCCCCCCCCCCCCCCCCCC. The highest BCUT2D eigenvalue weighted by molar-refractivity contribution is 5.76. The van der Waals surface area contributed by atoms with E-state index in [4.69, 9.17) is 9.47 Å². The number of ether oxygens (including phenoxy) is 2. The van der Waals surface area contributed by atoms with Crippen molar-refractivity contribution in [2.24, 2.45) is 0 Å². The number of amides is 1. The Morgan fingerprint density at radius 3 is 1.33 bits per heavy atom. The fourth-order valence-corrected chi connectivity index (χ4v) is 8.74. The van der Waals surface area contributed by atoms with E-state index in [1.807, 2.05) is 6.08 Å². The lowest BCUT2D eigenvalue weighted by Gasteiger charge is -2.40. The number of hydrogen-bond donors (Lipinski definition) is 6. The molecule has 0 radical (unpaired) electrons. The van der Waals surface area contributed by atoms with Gasteiger partial charge in [0.05, 0.1) is 25.4 Å². The van der Waals surface area contributed by atoms with Crippen molar-refractivity contribution in [2.45, 2.75) is 281 Å². The second-order valence-electron chi connectivity index (χ2n) is 20.0. The summed E-state index contributed by atoms with van der Waals surface area (Å²) in [5.74, 6) is -0.212. The van der Waals surface area contributed by atoms with Crippen LogP contribution in [0.25, 0.3) is 0 Å². The summed E-state index contributed by atoms with van der Waals surface area (Å²) in [7, 11) is 0. The Labute approximate surface area is 441 Å². The van der Waals surface area contributed by atoms with Crippen molar-refractivity contribution in [1.82, 2.24) is 5.32 Å². The molecule has 1 aliphatic rings. The van der Waals surface area contributed by atoms with E-state index in [2.05, 4.69) is 104 Å². The molecule has 1 aliphatic heterocycles. The molecule has 0 aromatic carbocycles. The van der Waals surface area contributed by atoms with E-state index >= 15 is 0 Å². The van der Waals surface area contributed by atoms with Crippen LogP contribution in [0.5, 0.6) is 0 Å². The van der Waals surface area contributed by atoms with E-state index in [1.165, 1.54) is 116 Å². The van der Waals surface area contributed by atoms with Gasteiger partial charge in [-0.05, 0) is 89.9 Å². The minimum atomic E-state index is -1.58. The number of rotatable bonds is 49. The van der Waals surface area contributed by atoms with Crippen molar-refractivity contribution in [3.63, 3.8) is 0 Å². The molecule has 7 unspecified atom stereocenters. The maximum absolute atomic E-state index is 13.0. The third kappa shape index (κ3) is 40.5. The molecule has 6 N–H and O–H groups in total. The lowest BCUT2D eigenvalue weighted by atomic mass is 9.99. The lowest BCUT2D eigenvalue weighted by molar-refractivity contribution is -0.302. The first kappa shape index (κ1) is 67.1. The van der Waals surface area contributed by atoms with Gasteiger partial charge in [-0.15, -0.1) is 0 Å². The number of carbonyl (C=O) groups is 1. The summed E-state index contributed by atoms with van der Waals surface area (Å²) in [5, 5.41) is 54.5. The van der Waals surface area contributed by atoms with Crippen molar-refractivity contribution in [2.75, 3.05) is 13.2 Å². The summed E-state index contributed by atoms with van der Waals surface area (Å²) in [5.41, 5.74) is 0. The smallest absolute Gasteiger partial charge is 0.220 e. The van der Waals surface area contributed by atoms with Crippen LogP contribution in [0.4, 0.5) is 0 Å².